The molecule has 0 saturated heterocycles. The summed E-state index contributed by atoms with van der Waals surface area (Å²) in [5, 5.41) is 4.16. The van der Waals surface area contributed by atoms with E-state index in [1.165, 1.54) is 17.0 Å². The number of carbonyl (C=O) groups is 2. The van der Waals surface area contributed by atoms with Gasteiger partial charge in [-0.05, 0) is 43.9 Å². The monoisotopic (exact) mass is 466 g/mol. The zero-order valence-electron chi connectivity index (χ0n) is 18.1. The standard InChI is InChI=1S/C22H22N6O4S/c1-22(7-8-22)25-33(31,32)17-5-6-19-18(10-17)20(30)27(14-15-11-24-26(2)13-15)21-23-12-16(28(19)21)4-3-9-29/h5-6,9-11,13,16,25H,7-8,12,14H2,1-2H3. The van der Waals surface area contributed by atoms with Crippen LogP contribution in [0.3, 0.4) is 0 Å². The van der Waals surface area contributed by atoms with Crippen molar-refractivity contribution < 1.29 is 18.0 Å². The van der Waals surface area contributed by atoms with Gasteiger partial charge in [-0.25, -0.2) is 18.1 Å². The molecule has 0 radical (unpaired) electrons. The van der Waals surface area contributed by atoms with Crippen molar-refractivity contribution in [3.05, 3.63) is 41.7 Å². The summed E-state index contributed by atoms with van der Waals surface area (Å²) in [6.45, 7) is 2.35. The van der Waals surface area contributed by atoms with Crippen LogP contribution in [0.25, 0.3) is 0 Å². The van der Waals surface area contributed by atoms with Crippen molar-refractivity contribution in [3.63, 3.8) is 0 Å². The van der Waals surface area contributed by atoms with Gasteiger partial charge in [0.2, 0.25) is 16.0 Å². The van der Waals surface area contributed by atoms with Gasteiger partial charge < -0.3 is 0 Å². The molecule has 1 aromatic carbocycles. The number of aliphatic imine (C=N–C) groups is 1. The van der Waals surface area contributed by atoms with Crippen LogP contribution in [0.2, 0.25) is 0 Å². The number of amides is 1. The maximum atomic E-state index is 13.6. The molecule has 0 spiro atoms. The number of nitrogens with zero attached hydrogens (tertiary/aromatic N) is 5. The van der Waals surface area contributed by atoms with Gasteiger partial charge >= 0.3 is 0 Å². The Bertz CT molecular complexity index is 1360. The lowest BCUT2D eigenvalue weighted by Gasteiger charge is -2.37. The van der Waals surface area contributed by atoms with Gasteiger partial charge in [-0.1, -0.05) is 5.92 Å². The number of anilines is 1. The molecule has 2 aliphatic heterocycles. The van der Waals surface area contributed by atoms with E-state index >= 15 is 0 Å². The van der Waals surface area contributed by atoms with Crippen LogP contribution in [0.4, 0.5) is 5.69 Å². The Morgan fingerprint density at radius 3 is 2.79 bits per heavy atom. The molecule has 1 unspecified atom stereocenters. The van der Waals surface area contributed by atoms with Gasteiger partial charge in [0.15, 0.2) is 6.29 Å². The summed E-state index contributed by atoms with van der Waals surface area (Å²) >= 11 is 0. The number of fused-ring (bicyclic) bond motifs is 3. The molecule has 3 aliphatic rings. The van der Waals surface area contributed by atoms with E-state index in [1.807, 2.05) is 6.92 Å². The van der Waals surface area contributed by atoms with Gasteiger partial charge in [-0.2, -0.15) is 5.10 Å². The van der Waals surface area contributed by atoms with Crippen molar-refractivity contribution in [1.29, 1.82) is 0 Å². The largest absolute Gasteiger partial charge is 0.295 e. The maximum Gasteiger partial charge on any atom is 0.263 e. The fourth-order valence-electron chi connectivity index (χ4n) is 4.05. The number of hydrogen-bond donors (Lipinski definition) is 1. The van der Waals surface area contributed by atoms with Gasteiger partial charge in [-0.3, -0.25) is 24.1 Å². The van der Waals surface area contributed by atoms with E-state index < -0.39 is 21.6 Å². The Hall–Kier alpha value is -3.49. The van der Waals surface area contributed by atoms with Crippen LogP contribution in [0.15, 0.2) is 40.5 Å². The first kappa shape index (κ1) is 21.4. The van der Waals surface area contributed by atoms with Crippen LogP contribution in [-0.4, -0.2) is 59.4 Å². The van der Waals surface area contributed by atoms with E-state index in [0.29, 0.717) is 17.9 Å². The third kappa shape index (κ3) is 3.81. The van der Waals surface area contributed by atoms with E-state index in [1.54, 1.807) is 35.1 Å². The van der Waals surface area contributed by atoms with Crippen molar-refractivity contribution in [2.45, 2.75) is 42.8 Å². The zero-order valence-corrected chi connectivity index (χ0v) is 19.0. The summed E-state index contributed by atoms with van der Waals surface area (Å²) < 4.78 is 30.2. The average molecular weight is 467 g/mol. The van der Waals surface area contributed by atoms with E-state index in [9.17, 15) is 18.0 Å². The third-order valence-corrected chi connectivity index (χ3v) is 7.61. The van der Waals surface area contributed by atoms with Gasteiger partial charge in [0.1, 0.15) is 6.04 Å². The lowest BCUT2D eigenvalue weighted by Crippen LogP contribution is -2.52. The van der Waals surface area contributed by atoms with Crippen LogP contribution in [-0.2, 0) is 28.4 Å². The number of hydrogen-bond acceptors (Lipinski definition) is 7. The highest BCUT2D eigenvalue weighted by Gasteiger charge is 2.44. The van der Waals surface area contributed by atoms with Crippen LogP contribution in [0.5, 0.6) is 0 Å². The molecule has 1 amide bonds. The summed E-state index contributed by atoms with van der Waals surface area (Å²) in [5.74, 6) is 5.36. The Morgan fingerprint density at radius 1 is 1.33 bits per heavy atom. The number of benzene rings is 1. The highest BCUT2D eigenvalue weighted by molar-refractivity contribution is 7.89. The van der Waals surface area contributed by atoms with E-state index in [4.69, 9.17) is 0 Å². The van der Waals surface area contributed by atoms with E-state index in [0.717, 1.165) is 18.4 Å². The van der Waals surface area contributed by atoms with Crippen molar-refractivity contribution in [3.8, 4) is 11.8 Å². The molecule has 2 aromatic rings. The first-order valence-corrected chi connectivity index (χ1v) is 11.9. The molecule has 1 aromatic heterocycles. The van der Waals surface area contributed by atoms with E-state index in [-0.39, 0.29) is 29.5 Å². The Kier molecular flexibility index (Phi) is 4.88. The molecule has 0 bridgehead atoms. The fourth-order valence-corrected chi connectivity index (χ4v) is 5.54. The van der Waals surface area contributed by atoms with Crippen molar-refractivity contribution in [2.75, 3.05) is 11.4 Å². The normalized spacial score (nSPS) is 20.5. The number of sulfonamides is 1. The van der Waals surface area contributed by atoms with E-state index in [2.05, 4.69) is 26.7 Å². The Labute approximate surface area is 191 Å². The zero-order chi connectivity index (χ0) is 23.4. The minimum atomic E-state index is -3.79. The van der Waals surface area contributed by atoms with Crippen LogP contribution in [0.1, 0.15) is 35.7 Å². The number of aldehydes is 1. The van der Waals surface area contributed by atoms with Crippen LogP contribution < -0.4 is 9.62 Å². The molecule has 3 heterocycles. The molecule has 5 rings (SSSR count). The van der Waals surface area contributed by atoms with Crippen molar-refractivity contribution in [1.82, 2.24) is 19.4 Å². The molecule has 33 heavy (non-hydrogen) atoms. The predicted octanol–water partition coefficient (Wildman–Crippen LogP) is 0.654. The number of carbonyl (C=O) groups excluding carboxylic acids is 2. The second-order valence-corrected chi connectivity index (χ2v) is 10.4. The predicted molar refractivity (Wildman–Crippen MR) is 120 cm³/mol. The van der Waals surface area contributed by atoms with Gasteiger partial charge in [0, 0.05) is 24.3 Å². The smallest absolute Gasteiger partial charge is 0.263 e. The molecule has 1 aliphatic carbocycles. The summed E-state index contributed by atoms with van der Waals surface area (Å²) in [6.07, 6.45) is 5.53. The first-order chi connectivity index (χ1) is 15.7. The molecule has 170 valence electrons. The number of aryl methyl sites for hydroxylation is 1. The number of aromatic nitrogens is 2. The lowest BCUT2D eigenvalue weighted by molar-refractivity contribution is -0.103. The molecule has 1 atom stereocenters. The Balaban J connectivity index is 1.58. The molecular formula is C22H22N6O4S. The SMILES string of the molecule is Cn1cc(CN2C(=O)c3cc(S(=O)(=O)NC4(C)CC4)ccc3N3C2=NCC3C#CC=O)cn1. The number of rotatable bonds is 5. The van der Waals surface area contributed by atoms with Gasteiger partial charge in [0.25, 0.3) is 5.91 Å². The second kappa shape index (κ2) is 7.54. The highest BCUT2D eigenvalue weighted by Crippen LogP contribution is 2.38. The summed E-state index contributed by atoms with van der Waals surface area (Å²) in [5.41, 5.74) is 1.11. The molecule has 1 saturated carbocycles. The highest BCUT2D eigenvalue weighted by atomic mass is 32.2. The van der Waals surface area contributed by atoms with Gasteiger partial charge in [-0.15, -0.1) is 0 Å². The fraction of sp³-hybridized carbons (Fsp3) is 0.364. The average Bonchev–Trinajstić information content (AvgIpc) is 3.15. The molecular weight excluding hydrogens is 444 g/mol. The molecule has 11 heteroatoms. The first-order valence-electron chi connectivity index (χ1n) is 10.5. The molecule has 10 nitrogen and oxygen atoms in total. The van der Waals surface area contributed by atoms with Crippen LogP contribution >= 0.6 is 0 Å². The second-order valence-electron chi connectivity index (χ2n) is 8.69. The summed E-state index contributed by atoms with van der Waals surface area (Å²) in [6, 6.07) is 4.05. The lowest BCUT2D eigenvalue weighted by atomic mass is 10.1. The molecule has 1 N–H and O–H groups in total. The molecule has 1 fully saturated rings. The van der Waals surface area contributed by atoms with Crippen LogP contribution in [0, 0.1) is 11.8 Å². The van der Waals surface area contributed by atoms with Crippen molar-refractivity contribution in [2.24, 2.45) is 12.0 Å². The summed E-state index contributed by atoms with van der Waals surface area (Å²) in [4.78, 5) is 32.2. The third-order valence-electron chi connectivity index (χ3n) is 5.98. The number of guanidine groups is 1. The van der Waals surface area contributed by atoms with Crippen molar-refractivity contribution >= 4 is 33.9 Å². The minimum Gasteiger partial charge on any atom is -0.295 e. The maximum absolute atomic E-state index is 13.6. The number of nitrogens with one attached hydrogen (secondary N) is 1. The minimum absolute atomic E-state index is 0.0270. The van der Waals surface area contributed by atoms with Gasteiger partial charge in [0.05, 0.1) is 35.4 Å². The quantitative estimate of drug-likeness (QED) is 0.511. The summed E-state index contributed by atoms with van der Waals surface area (Å²) in [7, 11) is -2.01. The topological polar surface area (TPSA) is 117 Å². The Morgan fingerprint density at radius 2 is 2.12 bits per heavy atom.